The molecule has 0 bridgehead atoms. The lowest BCUT2D eigenvalue weighted by molar-refractivity contribution is 0.281. The van der Waals surface area contributed by atoms with E-state index in [0.717, 1.165) is 17.5 Å². The second-order valence-electron chi connectivity index (χ2n) is 3.36. The molecule has 0 unspecified atom stereocenters. The minimum atomic E-state index is 0.126. The third kappa shape index (κ3) is 2.19. The fourth-order valence-corrected chi connectivity index (χ4v) is 1.48. The molecule has 70 valence electrons. The highest BCUT2D eigenvalue weighted by Gasteiger charge is 2.01. The van der Waals surface area contributed by atoms with Gasteiger partial charge in [-0.05, 0) is 42.5 Å². The lowest BCUT2D eigenvalue weighted by atomic mass is 9.98. The molecule has 0 aliphatic heterocycles. The Morgan fingerprint density at radius 3 is 2.31 bits per heavy atom. The van der Waals surface area contributed by atoms with Crippen LogP contribution in [-0.2, 0) is 13.0 Å². The fourth-order valence-electron chi connectivity index (χ4n) is 1.48. The molecule has 0 saturated heterocycles. The van der Waals surface area contributed by atoms with Gasteiger partial charge in [-0.15, -0.1) is 6.58 Å². The third-order valence-electron chi connectivity index (χ3n) is 2.33. The van der Waals surface area contributed by atoms with E-state index in [4.69, 9.17) is 5.11 Å². The van der Waals surface area contributed by atoms with Crippen molar-refractivity contribution >= 4 is 0 Å². The summed E-state index contributed by atoms with van der Waals surface area (Å²) in [7, 11) is 0. The molecule has 0 aliphatic carbocycles. The van der Waals surface area contributed by atoms with Gasteiger partial charge in [0.2, 0.25) is 0 Å². The molecule has 0 spiro atoms. The summed E-state index contributed by atoms with van der Waals surface area (Å²) < 4.78 is 0. The maximum atomic E-state index is 9.04. The molecular formula is C12H16O. The van der Waals surface area contributed by atoms with Gasteiger partial charge in [0.1, 0.15) is 0 Å². The first-order valence-electron chi connectivity index (χ1n) is 4.49. The summed E-state index contributed by atoms with van der Waals surface area (Å²) in [4.78, 5) is 0. The highest BCUT2D eigenvalue weighted by atomic mass is 16.3. The van der Waals surface area contributed by atoms with Gasteiger partial charge in [0, 0.05) is 0 Å². The highest BCUT2D eigenvalue weighted by molar-refractivity contribution is 5.37. The van der Waals surface area contributed by atoms with Crippen LogP contribution in [0.3, 0.4) is 0 Å². The van der Waals surface area contributed by atoms with E-state index in [1.165, 1.54) is 11.1 Å². The molecule has 0 fully saturated rings. The number of benzene rings is 1. The van der Waals surface area contributed by atoms with Gasteiger partial charge in [-0.3, -0.25) is 0 Å². The van der Waals surface area contributed by atoms with E-state index in [-0.39, 0.29) is 6.61 Å². The zero-order chi connectivity index (χ0) is 9.84. The maximum absolute atomic E-state index is 9.04. The molecule has 0 heterocycles. The summed E-state index contributed by atoms with van der Waals surface area (Å²) in [6.07, 6.45) is 2.80. The Kier molecular flexibility index (Phi) is 3.26. The normalized spacial score (nSPS) is 10.1. The van der Waals surface area contributed by atoms with Crippen molar-refractivity contribution in [2.24, 2.45) is 0 Å². The minimum absolute atomic E-state index is 0.126. The van der Waals surface area contributed by atoms with Crippen LogP contribution in [0.25, 0.3) is 0 Å². The van der Waals surface area contributed by atoms with Crippen molar-refractivity contribution in [2.75, 3.05) is 0 Å². The van der Waals surface area contributed by atoms with Crippen LogP contribution in [0.4, 0.5) is 0 Å². The predicted octanol–water partition coefficient (Wildman–Crippen LogP) is 2.52. The van der Waals surface area contributed by atoms with E-state index >= 15 is 0 Å². The molecule has 0 amide bonds. The minimum Gasteiger partial charge on any atom is -0.392 e. The number of hydrogen-bond donors (Lipinski definition) is 1. The van der Waals surface area contributed by atoms with Crippen molar-refractivity contribution in [3.63, 3.8) is 0 Å². The largest absolute Gasteiger partial charge is 0.392 e. The summed E-state index contributed by atoms with van der Waals surface area (Å²) in [5.74, 6) is 0. The van der Waals surface area contributed by atoms with Gasteiger partial charge in [-0.2, -0.15) is 0 Å². The maximum Gasteiger partial charge on any atom is 0.0684 e. The Balaban J connectivity index is 3.12. The second kappa shape index (κ2) is 4.24. The Labute approximate surface area is 79.7 Å². The SMILES string of the molecule is C=CCc1cc(C)c(CO)cc1C. The van der Waals surface area contributed by atoms with E-state index in [0.29, 0.717) is 0 Å². The monoisotopic (exact) mass is 176 g/mol. The van der Waals surface area contributed by atoms with Crippen LogP contribution in [-0.4, -0.2) is 5.11 Å². The molecule has 13 heavy (non-hydrogen) atoms. The van der Waals surface area contributed by atoms with Crippen LogP contribution < -0.4 is 0 Å². The van der Waals surface area contributed by atoms with Gasteiger partial charge >= 0.3 is 0 Å². The van der Waals surface area contributed by atoms with Gasteiger partial charge in [-0.1, -0.05) is 18.2 Å². The first-order valence-corrected chi connectivity index (χ1v) is 4.49. The topological polar surface area (TPSA) is 20.2 Å². The second-order valence-corrected chi connectivity index (χ2v) is 3.36. The van der Waals surface area contributed by atoms with Gasteiger partial charge in [0.05, 0.1) is 6.61 Å². The third-order valence-corrected chi connectivity index (χ3v) is 2.33. The summed E-state index contributed by atoms with van der Waals surface area (Å²) in [6, 6.07) is 4.18. The van der Waals surface area contributed by atoms with Crippen LogP contribution in [0.5, 0.6) is 0 Å². The first kappa shape index (κ1) is 10.0. The van der Waals surface area contributed by atoms with E-state index in [1.807, 2.05) is 19.1 Å². The molecule has 0 saturated carbocycles. The van der Waals surface area contributed by atoms with E-state index < -0.39 is 0 Å². The van der Waals surface area contributed by atoms with Gasteiger partial charge in [0.15, 0.2) is 0 Å². The van der Waals surface area contributed by atoms with E-state index in [2.05, 4.69) is 19.6 Å². The average molecular weight is 176 g/mol. The Morgan fingerprint density at radius 1 is 1.23 bits per heavy atom. The molecule has 1 aromatic carbocycles. The Bertz CT molecular complexity index is 313. The summed E-state index contributed by atoms with van der Waals surface area (Å²) >= 11 is 0. The number of rotatable bonds is 3. The van der Waals surface area contributed by atoms with Crippen molar-refractivity contribution in [3.8, 4) is 0 Å². The molecule has 1 aromatic rings. The van der Waals surface area contributed by atoms with Gasteiger partial charge < -0.3 is 5.11 Å². The summed E-state index contributed by atoms with van der Waals surface area (Å²) in [5.41, 5.74) is 4.70. The number of hydrogen-bond acceptors (Lipinski definition) is 1. The van der Waals surface area contributed by atoms with E-state index in [1.54, 1.807) is 0 Å². The molecule has 0 atom stereocenters. The van der Waals surface area contributed by atoms with Crippen molar-refractivity contribution in [1.82, 2.24) is 0 Å². The van der Waals surface area contributed by atoms with E-state index in [9.17, 15) is 0 Å². The number of aliphatic hydroxyl groups excluding tert-OH is 1. The van der Waals surface area contributed by atoms with Gasteiger partial charge in [-0.25, -0.2) is 0 Å². The molecule has 0 aromatic heterocycles. The molecule has 1 nitrogen and oxygen atoms in total. The summed E-state index contributed by atoms with van der Waals surface area (Å²) in [6.45, 7) is 7.94. The van der Waals surface area contributed by atoms with Crippen LogP contribution >= 0.6 is 0 Å². The number of allylic oxidation sites excluding steroid dienone is 1. The molecule has 0 aliphatic rings. The number of aliphatic hydroxyl groups is 1. The van der Waals surface area contributed by atoms with Crippen molar-refractivity contribution in [1.29, 1.82) is 0 Å². The summed E-state index contributed by atoms with van der Waals surface area (Å²) in [5, 5.41) is 9.04. The van der Waals surface area contributed by atoms with Crippen molar-refractivity contribution in [2.45, 2.75) is 26.9 Å². The molecule has 1 N–H and O–H groups in total. The molecule has 1 rings (SSSR count). The quantitative estimate of drug-likeness (QED) is 0.702. The van der Waals surface area contributed by atoms with Crippen LogP contribution in [0.2, 0.25) is 0 Å². The first-order chi connectivity index (χ1) is 6.19. The zero-order valence-corrected chi connectivity index (χ0v) is 8.30. The zero-order valence-electron chi connectivity index (χ0n) is 8.30. The smallest absolute Gasteiger partial charge is 0.0684 e. The molecule has 1 heteroatoms. The lowest BCUT2D eigenvalue weighted by Crippen LogP contribution is -1.94. The Morgan fingerprint density at radius 2 is 1.77 bits per heavy atom. The van der Waals surface area contributed by atoms with Crippen LogP contribution in [0, 0.1) is 13.8 Å². The van der Waals surface area contributed by atoms with Crippen molar-refractivity contribution in [3.05, 3.63) is 47.0 Å². The lowest BCUT2D eigenvalue weighted by Gasteiger charge is -2.08. The molecular weight excluding hydrogens is 160 g/mol. The van der Waals surface area contributed by atoms with Crippen LogP contribution in [0.15, 0.2) is 24.8 Å². The highest BCUT2D eigenvalue weighted by Crippen LogP contribution is 2.16. The molecule has 0 radical (unpaired) electrons. The van der Waals surface area contributed by atoms with Crippen LogP contribution in [0.1, 0.15) is 22.3 Å². The standard InChI is InChI=1S/C12H16O/c1-4-5-11-6-10(3)12(8-13)7-9(11)2/h4,6-7,13H,1,5,8H2,2-3H3. The fraction of sp³-hybridized carbons (Fsp3) is 0.333. The average Bonchev–Trinajstić information content (AvgIpc) is 2.11. The predicted molar refractivity (Wildman–Crippen MR) is 55.7 cm³/mol. The van der Waals surface area contributed by atoms with Crippen molar-refractivity contribution < 1.29 is 5.11 Å². The van der Waals surface area contributed by atoms with Gasteiger partial charge in [0.25, 0.3) is 0 Å². The Hall–Kier alpha value is -1.08. The number of aryl methyl sites for hydroxylation is 2.